The fourth-order valence-corrected chi connectivity index (χ4v) is 8.01. The Hall–Kier alpha value is -2.01. The molecule has 1 aromatic heterocycles. The molecule has 4 saturated carbocycles. The zero-order chi connectivity index (χ0) is 27.1. The van der Waals surface area contributed by atoms with Gasteiger partial charge in [-0.05, 0) is 110 Å². The zero-order valence-electron chi connectivity index (χ0n) is 23.6. The Balaban J connectivity index is 1.29. The molecule has 0 aromatic carbocycles. The van der Waals surface area contributed by atoms with E-state index in [0.29, 0.717) is 30.6 Å². The van der Waals surface area contributed by atoms with Crippen molar-refractivity contribution in [2.24, 2.45) is 23.2 Å². The van der Waals surface area contributed by atoms with E-state index in [9.17, 15) is 15.3 Å². The Labute approximate surface area is 229 Å². The van der Waals surface area contributed by atoms with Gasteiger partial charge in [0.05, 0.1) is 18.3 Å². The van der Waals surface area contributed by atoms with Crippen molar-refractivity contribution >= 4 is 0 Å². The fourth-order valence-electron chi connectivity index (χ4n) is 8.01. The predicted octanol–water partition coefficient (Wildman–Crippen LogP) is 6.37. The zero-order valence-corrected chi connectivity index (χ0v) is 23.6. The maximum absolute atomic E-state index is 11.3. The van der Waals surface area contributed by atoms with Gasteiger partial charge >= 0.3 is 0 Å². The molecule has 0 bridgehead atoms. The Kier molecular flexibility index (Phi) is 7.88. The van der Waals surface area contributed by atoms with Gasteiger partial charge in [0.1, 0.15) is 0 Å². The van der Waals surface area contributed by atoms with Crippen LogP contribution in [-0.2, 0) is 11.8 Å². The lowest BCUT2D eigenvalue weighted by Crippen LogP contribution is -2.35. The molecule has 1 heterocycles. The monoisotopic (exact) mass is 517 g/mol. The van der Waals surface area contributed by atoms with Crippen molar-refractivity contribution in [2.75, 3.05) is 0 Å². The van der Waals surface area contributed by atoms with Crippen LogP contribution in [0.3, 0.4) is 0 Å². The molecule has 0 saturated heterocycles. The summed E-state index contributed by atoms with van der Waals surface area (Å²) in [4.78, 5) is 4.65. The van der Waals surface area contributed by atoms with Crippen LogP contribution in [0.15, 0.2) is 65.9 Å². The van der Waals surface area contributed by atoms with Gasteiger partial charge in [-0.2, -0.15) is 0 Å². The van der Waals surface area contributed by atoms with E-state index in [4.69, 9.17) is 0 Å². The van der Waals surface area contributed by atoms with Gasteiger partial charge in [-0.25, -0.2) is 0 Å². The molecule has 5 rings (SSSR count). The van der Waals surface area contributed by atoms with Gasteiger partial charge in [0.25, 0.3) is 0 Å². The smallest absolute Gasteiger partial charge is 0.0832 e. The molecule has 7 atom stereocenters. The summed E-state index contributed by atoms with van der Waals surface area (Å²) < 4.78 is 0. The molecule has 0 unspecified atom stereocenters. The topological polar surface area (TPSA) is 73.6 Å². The van der Waals surface area contributed by atoms with Crippen LogP contribution in [0.25, 0.3) is 0 Å². The third kappa shape index (κ3) is 5.12. The minimum atomic E-state index is -0.639. The van der Waals surface area contributed by atoms with E-state index in [0.717, 1.165) is 42.5 Å². The second-order valence-corrected chi connectivity index (χ2v) is 12.9. The van der Waals surface area contributed by atoms with Gasteiger partial charge < -0.3 is 15.3 Å². The second-order valence-electron chi connectivity index (χ2n) is 12.9. The largest absolute Gasteiger partial charge is 0.393 e. The number of fused-ring (bicyclic) bond motifs is 1. The lowest BCUT2D eigenvalue weighted by molar-refractivity contribution is 0.0862. The SMILES string of the molecule is C=C1/C(=C\C=C2/CCC[C@]3(C)[C@@H]([C@H](C)/C=C/[C@H](O)C4(c5cc(CC)ccn5)CC4)CC[C@@H]23)C[C@@H](O)C[C@@H]1O. The van der Waals surface area contributed by atoms with Crippen LogP contribution in [0.4, 0.5) is 0 Å². The lowest BCUT2D eigenvalue weighted by Gasteiger charge is -2.44. The van der Waals surface area contributed by atoms with Crippen LogP contribution in [0.2, 0.25) is 0 Å². The van der Waals surface area contributed by atoms with Crippen LogP contribution < -0.4 is 0 Å². The van der Waals surface area contributed by atoms with Crippen LogP contribution in [0.1, 0.15) is 89.8 Å². The van der Waals surface area contributed by atoms with Crippen LogP contribution in [0, 0.1) is 23.2 Å². The van der Waals surface area contributed by atoms with Crippen LogP contribution >= 0.6 is 0 Å². The first kappa shape index (κ1) is 27.6. The van der Waals surface area contributed by atoms with Crippen molar-refractivity contribution in [2.45, 2.75) is 109 Å². The van der Waals surface area contributed by atoms with E-state index >= 15 is 0 Å². The molecule has 206 valence electrons. The predicted molar refractivity (Wildman–Crippen MR) is 154 cm³/mol. The second kappa shape index (κ2) is 10.9. The molecule has 0 amide bonds. The molecule has 4 heteroatoms. The molecule has 0 radical (unpaired) electrons. The number of aliphatic hydroxyl groups excluding tert-OH is 3. The molecule has 4 fully saturated rings. The third-order valence-electron chi connectivity index (χ3n) is 10.6. The average Bonchev–Trinajstić information content (AvgIpc) is 3.64. The summed E-state index contributed by atoms with van der Waals surface area (Å²) in [6, 6.07) is 4.26. The van der Waals surface area contributed by atoms with Gasteiger partial charge in [0.15, 0.2) is 0 Å². The standard InChI is InChI=1S/C34H47NO3/c1-5-24-14-18-35-31(19-24)34(16-17-34)32(38)13-8-22(2)28-11-12-29-25(7-6-15-33(28,29)4)9-10-26-20-27(36)21-30(37)23(26)3/h8-10,13-14,18-19,22,27-30,32,36-38H,3,5-7,11-12,15-17,20-21H2,1-2,4H3/b13-8+,25-9+,26-10-/t22-,27-,28-,29+,30+,32+,33-/m1/s1. The molecule has 4 aliphatic carbocycles. The summed E-state index contributed by atoms with van der Waals surface area (Å²) in [5.74, 6) is 1.57. The van der Waals surface area contributed by atoms with Crippen LogP contribution in [-0.4, -0.2) is 38.6 Å². The van der Waals surface area contributed by atoms with Crippen molar-refractivity contribution in [1.29, 1.82) is 0 Å². The Morgan fingerprint density at radius 1 is 1.16 bits per heavy atom. The Bertz CT molecular complexity index is 1130. The van der Waals surface area contributed by atoms with Gasteiger partial charge in [-0.1, -0.05) is 57.2 Å². The molecule has 0 aliphatic heterocycles. The summed E-state index contributed by atoms with van der Waals surface area (Å²) in [6.07, 6.45) is 19.0. The number of aromatic nitrogens is 1. The van der Waals surface area contributed by atoms with E-state index in [1.165, 1.54) is 36.8 Å². The Morgan fingerprint density at radius 3 is 2.68 bits per heavy atom. The Morgan fingerprint density at radius 2 is 1.95 bits per heavy atom. The highest BCUT2D eigenvalue weighted by Gasteiger charge is 2.52. The van der Waals surface area contributed by atoms with Crippen LogP contribution in [0.5, 0.6) is 0 Å². The van der Waals surface area contributed by atoms with Crippen molar-refractivity contribution < 1.29 is 15.3 Å². The number of hydrogen-bond acceptors (Lipinski definition) is 4. The normalized spacial score (nSPS) is 36.5. The first-order chi connectivity index (χ1) is 18.2. The number of aryl methyl sites for hydroxylation is 1. The molecule has 38 heavy (non-hydrogen) atoms. The number of hydrogen-bond donors (Lipinski definition) is 3. The molecule has 1 aromatic rings. The summed E-state index contributed by atoms with van der Waals surface area (Å²) in [7, 11) is 0. The van der Waals surface area contributed by atoms with Gasteiger partial charge in [0.2, 0.25) is 0 Å². The molecule has 4 nitrogen and oxygen atoms in total. The molecular formula is C34H47NO3. The first-order valence-corrected chi connectivity index (χ1v) is 14.9. The first-order valence-electron chi connectivity index (χ1n) is 14.9. The maximum atomic E-state index is 11.3. The number of rotatable bonds is 7. The van der Waals surface area contributed by atoms with Gasteiger partial charge in [0, 0.05) is 23.7 Å². The van der Waals surface area contributed by atoms with Crippen molar-refractivity contribution in [3.05, 3.63) is 77.2 Å². The fraction of sp³-hybridized carbons (Fsp3) is 0.618. The third-order valence-corrected chi connectivity index (χ3v) is 10.6. The summed E-state index contributed by atoms with van der Waals surface area (Å²) in [5.41, 5.74) is 5.66. The maximum Gasteiger partial charge on any atom is 0.0832 e. The highest BCUT2D eigenvalue weighted by Crippen LogP contribution is 2.60. The lowest BCUT2D eigenvalue weighted by atomic mass is 9.61. The highest BCUT2D eigenvalue weighted by atomic mass is 16.3. The summed E-state index contributed by atoms with van der Waals surface area (Å²) in [6.45, 7) is 11.1. The van der Waals surface area contributed by atoms with Gasteiger partial charge in [-0.3, -0.25) is 4.98 Å². The quantitative estimate of drug-likeness (QED) is 0.368. The summed E-state index contributed by atoms with van der Waals surface area (Å²) >= 11 is 0. The average molecular weight is 518 g/mol. The minimum Gasteiger partial charge on any atom is -0.393 e. The van der Waals surface area contributed by atoms with E-state index in [1.807, 2.05) is 6.20 Å². The van der Waals surface area contributed by atoms with Gasteiger partial charge in [-0.15, -0.1) is 0 Å². The summed E-state index contributed by atoms with van der Waals surface area (Å²) in [5, 5.41) is 31.6. The number of nitrogens with zero attached hydrogens (tertiary/aromatic N) is 1. The van der Waals surface area contributed by atoms with E-state index in [-0.39, 0.29) is 10.8 Å². The number of aliphatic hydroxyl groups is 3. The number of allylic oxidation sites excluding steroid dienone is 4. The van der Waals surface area contributed by atoms with Crippen molar-refractivity contribution in [3.8, 4) is 0 Å². The van der Waals surface area contributed by atoms with E-state index in [2.05, 4.69) is 68.8 Å². The number of pyridine rings is 1. The van der Waals surface area contributed by atoms with Crippen molar-refractivity contribution in [1.82, 2.24) is 4.98 Å². The minimum absolute atomic E-state index is 0.206. The van der Waals surface area contributed by atoms with E-state index in [1.54, 1.807) is 0 Å². The molecule has 4 aliphatic rings. The van der Waals surface area contributed by atoms with Crippen molar-refractivity contribution in [3.63, 3.8) is 0 Å². The molecule has 3 N–H and O–H groups in total. The highest BCUT2D eigenvalue weighted by molar-refractivity contribution is 5.39. The van der Waals surface area contributed by atoms with E-state index < -0.39 is 18.3 Å². The molecule has 0 spiro atoms. The molecular weight excluding hydrogens is 470 g/mol.